The third kappa shape index (κ3) is 6.93. The third-order valence-corrected chi connectivity index (χ3v) is 5.56. The average Bonchev–Trinajstić information content (AvgIpc) is 2.71. The van der Waals surface area contributed by atoms with Crippen molar-refractivity contribution in [1.29, 1.82) is 5.26 Å². The largest absolute Gasteiger partial charge is 0.497 e. The molecule has 0 unspecified atom stereocenters. The fourth-order valence-corrected chi connectivity index (χ4v) is 4.14. The van der Waals surface area contributed by atoms with Gasteiger partial charge >= 0.3 is 0 Å². The van der Waals surface area contributed by atoms with Crippen LogP contribution < -0.4 is 15.4 Å². The number of nitriles is 1. The lowest BCUT2D eigenvalue weighted by Gasteiger charge is -2.18. The van der Waals surface area contributed by atoms with Crippen molar-refractivity contribution in [3.8, 4) is 11.8 Å². The summed E-state index contributed by atoms with van der Waals surface area (Å²) in [5.74, 6) is -1.81. The molecule has 0 aliphatic rings. The van der Waals surface area contributed by atoms with Crippen LogP contribution in [-0.4, -0.2) is 45.7 Å². The molecule has 0 aromatic heterocycles. The predicted molar refractivity (Wildman–Crippen MR) is 107 cm³/mol. The van der Waals surface area contributed by atoms with E-state index in [0.29, 0.717) is 11.3 Å². The van der Waals surface area contributed by atoms with E-state index in [1.165, 1.54) is 19.2 Å². The van der Waals surface area contributed by atoms with Gasteiger partial charge in [0.2, 0.25) is 5.91 Å². The van der Waals surface area contributed by atoms with Crippen molar-refractivity contribution in [2.24, 2.45) is 0 Å². The maximum atomic E-state index is 12.6. The molecule has 0 spiro atoms. The number of sulfone groups is 1. The number of carbonyl (C=O) groups is 2. The summed E-state index contributed by atoms with van der Waals surface area (Å²) >= 11 is 0. The van der Waals surface area contributed by atoms with Gasteiger partial charge in [-0.2, -0.15) is 5.26 Å². The summed E-state index contributed by atoms with van der Waals surface area (Å²) in [4.78, 5) is 24.9. The number of carbonyl (C=O) groups excluding carboxylic acids is 2. The minimum Gasteiger partial charge on any atom is -0.497 e. The Balaban J connectivity index is 2.18. The smallest absolute Gasteiger partial charge is 0.252 e. The van der Waals surface area contributed by atoms with Crippen LogP contribution in [-0.2, 0) is 20.4 Å². The highest BCUT2D eigenvalue weighted by molar-refractivity contribution is 7.90. The molecule has 2 N–H and O–H groups in total. The molecule has 1 atom stereocenters. The van der Waals surface area contributed by atoms with Crippen LogP contribution in [0.1, 0.15) is 15.9 Å². The Morgan fingerprint density at radius 1 is 1.14 bits per heavy atom. The van der Waals surface area contributed by atoms with Crippen molar-refractivity contribution >= 4 is 21.7 Å². The lowest BCUT2D eigenvalue weighted by atomic mass is 10.2. The Bertz CT molecular complexity index is 1000. The highest BCUT2D eigenvalue weighted by Gasteiger charge is 2.27. The summed E-state index contributed by atoms with van der Waals surface area (Å²) in [6.07, 6.45) is 0. The Labute approximate surface area is 169 Å². The minimum absolute atomic E-state index is 0.211. The molecule has 29 heavy (non-hydrogen) atoms. The second-order valence-corrected chi connectivity index (χ2v) is 8.28. The zero-order chi connectivity index (χ0) is 21.3. The van der Waals surface area contributed by atoms with Gasteiger partial charge in [-0.3, -0.25) is 9.59 Å². The molecule has 0 aliphatic carbocycles. The molecular formula is C20H21N3O5S. The van der Waals surface area contributed by atoms with Crippen molar-refractivity contribution in [3.63, 3.8) is 0 Å². The molecule has 0 radical (unpaired) electrons. The first-order chi connectivity index (χ1) is 13.8. The van der Waals surface area contributed by atoms with Gasteiger partial charge in [0.05, 0.1) is 24.7 Å². The molecule has 9 heteroatoms. The molecule has 0 bridgehead atoms. The molecule has 0 fully saturated rings. The molecule has 2 aromatic rings. The number of benzene rings is 2. The number of methoxy groups -OCH3 is 1. The van der Waals surface area contributed by atoms with E-state index in [2.05, 4.69) is 10.6 Å². The lowest BCUT2D eigenvalue weighted by molar-refractivity contribution is -0.122. The van der Waals surface area contributed by atoms with E-state index in [1.54, 1.807) is 48.5 Å². The van der Waals surface area contributed by atoms with E-state index in [4.69, 9.17) is 10.00 Å². The first-order valence-electron chi connectivity index (χ1n) is 8.68. The van der Waals surface area contributed by atoms with Gasteiger partial charge in [0.1, 0.15) is 18.3 Å². The summed E-state index contributed by atoms with van der Waals surface area (Å²) in [6.45, 7) is -0.302. The minimum atomic E-state index is -3.73. The van der Waals surface area contributed by atoms with E-state index in [-0.39, 0.29) is 17.9 Å². The van der Waals surface area contributed by atoms with E-state index in [1.807, 2.05) is 0 Å². The van der Waals surface area contributed by atoms with Crippen LogP contribution in [0.5, 0.6) is 5.75 Å². The van der Waals surface area contributed by atoms with Crippen LogP contribution in [0.4, 0.5) is 0 Å². The zero-order valence-corrected chi connectivity index (χ0v) is 16.6. The molecule has 152 valence electrons. The fourth-order valence-electron chi connectivity index (χ4n) is 2.58. The van der Waals surface area contributed by atoms with Crippen LogP contribution in [0.15, 0.2) is 54.6 Å². The molecule has 0 saturated heterocycles. The normalized spacial score (nSPS) is 11.7. The topological polar surface area (TPSA) is 125 Å². The van der Waals surface area contributed by atoms with E-state index in [9.17, 15) is 18.0 Å². The first kappa shape index (κ1) is 21.9. The van der Waals surface area contributed by atoms with E-state index in [0.717, 1.165) is 0 Å². The fraction of sp³-hybridized carbons (Fsp3) is 0.250. The van der Waals surface area contributed by atoms with Crippen LogP contribution >= 0.6 is 0 Å². The van der Waals surface area contributed by atoms with E-state index >= 15 is 0 Å². The number of nitrogens with one attached hydrogen (secondary N) is 2. The Morgan fingerprint density at radius 2 is 1.86 bits per heavy atom. The number of hydrogen-bond acceptors (Lipinski definition) is 6. The maximum absolute atomic E-state index is 12.6. The van der Waals surface area contributed by atoms with Crippen LogP contribution in [0.2, 0.25) is 0 Å². The van der Waals surface area contributed by atoms with Gasteiger partial charge in [0, 0.05) is 5.56 Å². The summed E-state index contributed by atoms with van der Waals surface area (Å²) < 4.78 is 30.2. The summed E-state index contributed by atoms with van der Waals surface area (Å²) in [5.41, 5.74) is 0.783. The first-order valence-corrected chi connectivity index (χ1v) is 10.5. The zero-order valence-electron chi connectivity index (χ0n) is 15.8. The van der Waals surface area contributed by atoms with Crippen LogP contribution in [0, 0.1) is 11.3 Å². The molecule has 8 nitrogen and oxygen atoms in total. The number of nitrogens with zero attached hydrogens (tertiary/aromatic N) is 1. The predicted octanol–water partition coefficient (Wildman–Crippen LogP) is 1.05. The van der Waals surface area contributed by atoms with Gasteiger partial charge in [-0.1, -0.05) is 36.4 Å². The average molecular weight is 415 g/mol. The van der Waals surface area contributed by atoms with E-state index < -0.39 is 33.4 Å². The Morgan fingerprint density at radius 3 is 2.52 bits per heavy atom. The third-order valence-electron chi connectivity index (χ3n) is 3.95. The monoisotopic (exact) mass is 415 g/mol. The van der Waals surface area contributed by atoms with Gasteiger partial charge < -0.3 is 15.4 Å². The van der Waals surface area contributed by atoms with Crippen molar-refractivity contribution in [3.05, 3.63) is 65.7 Å². The molecular weight excluding hydrogens is 394 g/mol. The van der Waals surface area contributed by atoms with Crippen molar-refractivity contribution in [2.75, 3.05) is 19.4 Å². The van der Waals surface area contributed by atoms with Gasteiger partial charge in [-0.15, -0.1) is 0 Å². The van der Waals surface area contributed by atoms with Gasteiger partial charge in [-0.25, -0.2) is 8.42 Å². The molecule has 0 aliphatic heterocycles. The molecule has 0 saturated carbocycles. The summed E-state index contributed by atoms with van der Waals surface area (Å²) in [5, 5.41) is 13.4. The number of rotatable bonds is 9. The second kappa shape index (κ2) is 10.2. The van der Waals surface area contributed by atoms with Gasteiger partial charge in [0.25, 0.3) is 5.91 Å². The van der Waals surface area contributed by atoms with Gasteiger partial charge in [-0.05, 0) is 23.8 Å². The maximum Gasteiger partial charge on any atom is 0.252 e. The summed E-state index contributed by atoms with van der Waals surface area (Å²) in [7, 11) is -2.28. The molecule has 2 aromatic carbocycles. The Hall–Kier alpha value is -3.38. The highest BCUT2D eigenvalue weighted by atomic mass is 32.2. The molecule has 0 heterocycles. The van der Waals surface area contributed by atoms with Crippen molar-refractivity contribution < 1.29 is 22.7 Å². The quantitative estimate of drug-likeness (QED) is 0.590. The standard InChI is InChI=1S/C20H21N3O5S/c1-28-17-9-5-8-16(12-17)19(24)23-18(20(25)22-11-10-21)14-29(26,27)13-15-6-3-2-4-7-15/h2-9,12,18H,11,13-14H2,1H3,(H,22,25)(H,23,24)/t18-/m0/s1. The van der Waals surface area contributed by atoms with Gasteiger partial charge in [0.15, 0.2) is 9.84 Å². The molecule has 2 rings (SSSR count). The SMILES string of the molecule is COc1cccc(C(=O)N[C@@H](CS(=O)(=O)Cc2ccccc2)C(=O)NCC#N)c1. The summed E-state index contributed by atoms with van der Waals surface area (Å²) in [6, 6.07) is 15.2. The lowest BCUT2D eigenvalue weighted by Crippen LogP contribution is -2.50. The van der Waals surface area contributed by atoms with Crippen molar-refractivity contribution in [1.82, 2.24) is 10.6 Å². The number of amides is 2. The number of hydrogen-bond donors (Lipinski definition) is 2. The van der Waals surface area contributed by atoms with Crippen molar-refractivity contribution in [2.45, 2.75) is 11.8 Å². The number of ether oxygens (including phenoxy) is 1. The van der Waals surface area contributed by atoms with Crippen LogP contribution in [0.25, 0.3) is 0 Å². The Kier molecular flexibility index (Phi) is 7.74. The molecule has 2 amide bonds. The highest BCUT2D eigenvalue weighted by Crippen LogP contribution is 2.13. The van der Waals surface area contributed by atoms with Crippen LogP contribution in [0.3, 0.4) is 0 Å². The second-order valence-electron chi connectivity index (χ2n) is 6.17.